The molecule has 3 heterocycles. The number of rotatable bonds is 5. The van der Waals surface area contributed by atoms with Crippen LogP contribution >= 0.6 is 0 Å². The van der Waals surface area contributed by atoms with Crippen LogP contribution in [0.25, 0.3) is 22.2 Å². The Labute approximate surface area is 196 Å². The van der Waals surface area contributed by atoms with E-state index in [0.717, 1.165) is 9.36 Å². The van der Waals surface area contributed by atoms with E-state index in [1.807, 2.05) is 0 Å². The van der Waals surface area contributed by atoms with Gasteiger partial charge in [0.25, 0.3) is 10.0 Å². The third-order valence-electron chi connectivity index (χ3n) is 4.99. The molecule has 0 spiro atoms. The second kappa shape index (κ2) is 8.60. The fourth-order valence-electron chi connectivity index (χ4n) is 3.44. The first-order valence-electron chi connectivity index (χ1n) is 10.4. The maximum Gasteiger partial charge on any atom is 0.410 e. The topological polar surface area (TPSA) is 94.6 Å². The molecule has 10 heteroatoms. The highest BCUT2D eigenvalue weighted by Gasteiger charge is 2.26. The van der Waals surface area contributed by atoms with E-state index in [1.165, 1.54) is 60.9 Å². The minimum Gasteiger partial charge on any atom is -0.464 e. The molecule has 1 aromatic carbocycles. The zero-order valence-electron chi connectivity index (χ0n) is 19.1. The summed E-state index contributed by atoms with van der Waals surface area (Å²) >= 11 is 0. The number of aromatic nitrogens is 2. The van der Waals surface area contributed by atoms with Gasteiger partial charge in [-0.2, -0.15) is 4.39 Å². The van der Waals surface area contributed by atoms with Gasteiger partial charge in [0.15, 0.2) is 0 Å². The van der Waals surface area contributed by atoms with Gasteiger partial charge < -0.3 is 14.1 Å². The minimum atomic E-state index is -4.14. The number of halogens is 1. The first kappa shape index (κ1) is 23.5. The van der Waals surface area contributed by atoms with E-state index in [1.54, 1.807) is 32.9 Å². The molecule has 4 rings (SSSR count). The quantitative estimate of drug-likeness (QED) is 0.368. The van der Waals surface area contributed by atoms with Crippen LogP contribution in [0.2, 0.25) is 0 Å². The van der Waals surface area contributed by atoms with Crippen LogP contribution in [0, 0.1) is 5.95 Å². The number of hydrogen-bond donors (Lipinski definition) is 0. The summed E-state index contributed by atoms with van der Waals surface area (Å²) in [5.41, 5.74) is 0.283. The Morgan fingerprint density at radius 2 is 1.97 bits per heavy atom. The van der Waals surface area contributed by atoms with E-state index in [4.69, 9.17) is 9.15 Å². The SMILES string of the molecule is CN(Cc1cc(-c2cccnc2F)n(S(=O)(=O)c2ccc3ccoc3c2)c1)C(=O)OC(C)(C)C. The second-order valence-corrected chi connectivity index (χ2v) is 10.6. The van der Waals surface area contributed by atoms with E-state index in [-0.39, 0.29) is 22.7 Å². The summed E-state index contributed by atoms with van der Waals surface area (Å²) in [6, 6.07) is 10.7. The van der Waals surface area contributed by atoms with Gasteiger partial charge in [0.1, 0.15) is 11.2 Å². The highest BCUT2D eigenvalue weighted by molar-refractivity contribution is 7.90. The number of amides is 1. The lowest BCUT2D eigenvalue weighted by Gasteiger charge is -2.24. The first-order valence-corrected chi connectivity index (χ1v) is 11.9. The number of carbonyl (C=O) groups is 1. The molecule has 0 atom stereocenters. The largest absolute Gasteiger partial charge is 0.464 e. The minimum absolute atomic E-state index is 0.0105. The standard InChI is InChI=1S/C24H24FN3O5S/c1-24(2,3)33-23(29)27(4)14-16-12-20(19-6-5-10-26-22(19)25)28(15-16)34(30,31)18-8-7-17-9-11-32-21(17)13-18/h5-13,15H,14H2,1-4H3. The van der Waals surface area contributed by atoms with Crippen LogP contribution in [0.1, 0.15) is 26.3 Å². The Bertz CT molecular complexity index is 1470. The number of fused-ring (bicyclic) bond motifs is 1. The van der Waals surface area contributed by atoms with Gasteiger partial charge in [-0.25, -0.2) is 22.2 Å². The lowest BCUT2D eigenvalue weighted by atomic mass is 10.2. The molecule has 0 bridgehead atoms. The second-order valence-electron chi connectivity index (χ2n) is 8.83. The fourth-order valence-corrected chi connectivity index (χ4v) is 4.85. The van der Waals surface area contributed by atoms with Crippen molar-refractivity contribution in [2.24, 2.45) is 0 Å². The monoisotopic (exact) mass is 485 g/mol. The Morgan fingerprint density at radius 1 is 1.21 bits per heavy atom. The Hall–Kier alpha value is -3.66. The molecule has 0 radical (unpaired) electrons. The molecule has 4 aromatic rings. The van der Waals surface area contributed by atoms with Gasteiger partial charge in [-0.1, -0.05) is 0 Å². The Kier molecular flexibility index (Phi) is 5.94. The molecular formula is C24H24FN3O5S. The summed E-state index contributed by atoms with van der Waals surface area (Å²) in [7, 11) is -2.60. The van der Waals surface area contributed by atoms with E-state index in [0.29, 0.717) is 11.1 Å². The highest BCUT2D eigenvalue weighted by atomic mass is 32.2. The third kappa shape index (κ3) is 4.67. The number of benzene rings is 1. The van der Waals surface area contributed by atoms with Crippen LogP contribution < -0.4 is 0 Å². The van der Waals surface area contributed by atoms with Crippen molar-refractivity contribution >= 4 is 27.1 Å². The maximum absolute atomic E-state index is 14.6. The van der Waals surface area contributed by atoms with Gasteiger partial charge >= 0.3 is 6.09 Å². The molecule has 0 aliphatic carbocycles. The lowest BCUT2D eigenvalue weighted by Crippen LogP contribution is -2.33. The molecule has 3 aromatic heterocycles. The smallest absolute Gasteiger partial charge is 0.410 e. The summed E-state index contributed by atoms with van der Waals surface area (Å²) in [4.78, 5) is 17.3. The van der Waals surface area contributed by atoms with Gasteiger partial charge in [0.2, 0.25) is 5.95 Å². The van der Waals surface area contributed by atoms with E-state index < -0.39 is 27.7 Å². The van der Waals surface area contributed by atoms with Crippen LogP contribution in [0.3, 0.4) is 0 Å². The zero-order valence-corrected chi connectivity index (χ0v) is 20.0. The molecule has 178 valence electrons. The van der Waals surface area contributed by atoms with Crippen molar-refractivity contribution in [3.8, 4) is 11.3 Å². The van der Waals surface area contributed by atoms with E-state index in [9.17, 15) is 17.6 Å². The van der Waals surface area contributed by atoms with Crippen LogP contribution in [0.4, 0.5) is 9.18 Å². The van der Waals surface area contributed by atoms with Crippen LogP contribution in [0.5, 0.6) is 0 Å². The summed E-state index contributed by atoms with van der Waals surface area (Å²) in [5.74, 6) is -0.814. The van der Waals surface area contributed by atoms with Crippen LogP contribution in [0.15, 0.2) is 70.4 Å². The zero-order chi connectivity index (χ0) is 24.7. The summed E-state index contributed by atoms with van der Waals surface area (Å²) in [5, 5.41) is 0.754. The predicted molar refractivity (Wildman–Crippen MR) is 124 cm³/mol. The molecule has 0 fully saturated rings. The van der Waals surface area contributed by atoms with Crippen molar-refractivity contribution in [2.45, 2.75) is 37.8 Å². The third-order valence-corrected chi connectivity index (χ3v) is 6.66. The molecule has 34 heavy (non-hydrogen) atoms. The molecule has 0 saturated carbocycles. The molecule has 0 aliphatic heterocycles. The maximum atomic E-state index is 14.6. The van der Waals surface area contributed by atoms with Crippen LogP contribution in [-0.2, 0) is 21.3 Å². The normalized spacial score (nSPS) is 12.1. The van der Waals surface area contributed by atoms with Gasteiger partial charge in [-0.3, -0.25) is 0 Å². The number of hydrogen-bond acceptors (Lipinski definition) is 6. The summed E-state index contributed by atoms with van der Waals surface area (Å²) in [6.07, 6.45) is 3.55. The lowest BCUT2D eigenvalue weighted by molar-refractivity contribution is 0.0285. The van der Waals surface area contributed by atoms with Gasteiger partial charge in [0, 0.05) is 30.9 Å². The Morgan fingerprint density at radius 3 is 2.68 bits per heavy atom. The molecule has 1 amide bonds. The number of nitrogens with zero attached hydrogens (tertiary/aromatic N) is 3. The van der Waals surface area contributed by atoms with Crippen molar-refractivity contribution in [1.82, 2.24) is 13.9 Å². The number of carbonyl (C=O) groups excluding carboxylic acids is 1. The predicted octanol–water partition coefficient (Wildman–Crippen LogP) is 5.04. The molecule has 0 saturated heterocycles. The van der Waals surface area contributed by atoms with Crippen molar-refractivity contribution in [1.29, 1.82) is 0 Å². The molecule has 0 unspecified atom stereocenters. The van der Waals surface area contributed by atoms with Gasteiger partial charge in [-0.05, 0) is 62.7 Å². The van der Waals surface area contributed by atoms with Crippen LogP contribution in [-0.4, -0.2) is 41.0 Å². The number of pyridine rings is 1. The number of ether oxygens (including phenoxy) is 1. The Balaban J connectivity index is 1.78. The van der Waals surface area contributed by atoms with Crippen molar-refractivity contribution in [3.05, 3.63) is 72.6 Å². The van der Waals surface area contributed by atoms with Crippen molar-refractivity contribution in [2.75, 3.05) is 7.05 Å². The first-order chi connectivity index (χ1) is 16.0. The summed E-state index contributed by atoms with van der Waals surface area (Å²) in [6.45, 7) is 5.30. The number of furan rings is 1. The van der Waals surface area contributed by atoms with Gasteiger partial charge in [-0.15, -0.1) is 0 Å². The van der Waals surface area contributed by atoms with E-state index >= 15 is 0 Å². The average molecular weight is 486 g/mol. The van der Waals surface area contributed by atoms with Gasteiger partial charge in [0.05, 0.1) is 29.0 Å². The van der Waals surface area contributed by atoms with E-state index in [2.05, 4.69) is 4.98 Å². The summed E-state index contributed by atoms with van der Waals surface area (Å²) < 4.78 is 53.5. The molecule has 8 nitrogen and oxygen atoms in total. The van der Waals surface area contributed by atoms with Crippen molar-refractivity contribution < 1.29 is 26.8 Å². The molecule has 0 N–H and O–H groups in total. The fraction of sp³-hybridized carbons (Fsp3) is 0.250. The average Bonchev–Trinajstić information content (AvgIpc) is 3.39. The molecular weight excluding hydrogens is 461 g/mol. The highest BCUT2D eigenvalue weighted by Crippen LogP contribution is 2.30. The van der Waals surface area contributed by atoms with Crippen molar-refractivity contribution in [3.63, 3.8) is 0 Å². The molecule has 0 aliphatic rings.